The summed E-state index contributed by atoms with van der Waals surface area (Å²) in [5.41, 5.74) is 2.14. The van der Waals surface area contributed by atoms with Crippen molar-refractivity contribution in [2.45, 2.75) is 25.0 Å². The monoisotopic (exact) mass is 308 g/mol. The fraction of sp³-hybridized carbons (Fsp3) is 0.625. The Morgan fingerprint density at radius 2 is 1.91 bits per heavy atom. The van der Waals surface area contributed by atoms with Crippen molar-refractivity contribution in [3.05, 3.63) is 11.6 Å². The van der Waals surface area contributed by atoms with E-state index < -0.39 is 0 Å². The van der Waals surface area contributed by atoms with Crippen molar-refractivity contribution in [2.75, 3.05) is 52.4 Å². The van der Waals surface area contributed by atoms with Crippen LogP contribution in [0.1, 0.15) is 18.4 Å². The summed E-state index contributed by atoms with van der Waals surface area (Å²) in [6.45, 7) is 0.946. The molecule has 22 heavy (non-hydrogen) atoms. The number of aryl methyl sites for hydroxylation is 1. The van der Waals surface area contributed by atoms with E-state index in [9.17, 15) is 5.11 Å². The van der Waals surface area contributed by atoms with E-state index >= 15 is 0 Å². The van der Waals surface area contributed by atoms with E-state index in [-0.39, 0.29) is 11.5 Å². The largest absolute Gasteiger partial charge is 0.506 e. The van der Waals surface area contributed by atoms with Gasteiger partial charge in [-0.15, -0.1) is 0 Å². The van der Waals surface area contributed by atoms with Gasteiger partial charge in [-0.05, 0) is 33.6 Å². The molecular weight excluding hydrogens is 280 g/mol. The van der Waals surface area contributed by atoms with Crippen molar-refractivity contribution >= 4 is 11.4 Å². The molecule has 1 heterocycles. The summed E-state index contributed by atoms with van der Waals surface area (Å²) >= 11 is 0. The number of aromatic hydroxyl groups is 1. The molecule has 1 unspecified atom stereocenters. The smallest absolute Gasteiger partial charge is 0.162 e. The van der Waals surface area contributed by atoms with Crippen LogP contribution < -0.4 is 20.7 Å². The Balaban J connectivity index is 2.39. The van der Waals surface area contributed by atoms with Gasteiger partial charge in [0.25, 0.3) is 0 Å². The highest BCUT2D eigenvalue weighted by Crippen LogP contribution is 2.47. The zero-order chi connectivity index (χ0) is 16.3. The van der Waals surface area contributed by atoms with Gasteiger partial charge in [-0.2, -0.15) is 0 Å². The van der Waals surface area contributed by atoms with E-state index in [2.05, 4.69) is 34.9 Å². The number of hydrogen-bond acceptors (Lipinski definition) is 6. The van der Waals surface area contributed by atoms with E-state index in [0.717, 1.165) is 42.8 Å². The molecule has 1 aliphatic rings. The lowest BCUT2D eigenvalue weighted by atomic mass is 9.93. The molecule has 1 aromatic rings. The summed E-state index contributed by atoms with van der Waals surface area (Å²) in [6.07, 6.45) is 2.65. The Morgan fingerprint density at radius 1 is 1.23 bits per heavy atom. The molecule has 0 fully saturated rings. The number of phenols is 1. The second kappa shape index (κ2) is 6.62. The molecule has 4 N–H and O–H groups in total. The Labute approximate surface area is 132 Å². The topological polar surface area (TPSA) is 68.8 Å². The molecule has 0 aromatic heterocycles. The third-order valence-corrected chi connectivity index (χ3v) is 4.35. The quantitative estimate of drug-likeness (QED) is 0.600. The maximum atomic E-state index is 10.2. The zero-order valence-corrected chi connectivity index (χ0v) is 14.2. The summed E-state index contributed by atoms with van der Waals surface area (Å²) in [5, 5.41) is 19.7. The molecule has 1 atom stereocenters. The van der Waals surface area contributed by atoms with Crippen LogP contribution in [0.3, 0.4) is 0 Å². The first-order valence-electron chi connectivity index (χ1n) is 7.73. The lowest BCUT2D eigenvalue weighted by molar-refractivity contribution is 0.00653. The van der Waals surface area contributed by atoms with E-state index in [1.807, 2.05) is 14.1 Å². The molecule has 2 rings (SSSR count). The van der Waals surface area contributed by atoms with Gasteiger partial charge in [-0.1, -0.05) is 0 Å². The van der Waals surface area contributed by atoms with Gasteiger partial charge < -0.3 is 25.4 Å². The zero-order valence-electron chi connectivity index (χ0n) is 14.2. The number of anilines is 2. The van der Waals surface area contributed by atoms with Crippen LogP contribution in [0.4, 0.5) is 11.4 Å². The predicted molar refractivity (Wildman–Crippen MR) is 91.1 cm³/mol. The van der Waals surface area contributed by atoms with Crippen LogP contribution in [0.2, 0.25) is 0 Å². The Morgan fingerprint density at radius 3 is 2.45 bits per heavy atom. The minimum absolute atomic E-state index is 0.249. The van der Waals surface area contributed by atoms with Crippen molar-refractivity contribution in [3.8, 4) is 11.5 Å². The van der Waals surface area contributed by atoms with Crippen molar-refractivity contribution in [1.82, 2.24) is 10.2 Å². The summed E-state index contributed by atoms with van der Waals surface area (Å²) in [7, 11) is 9.71. The normalized spacial score (nSPS) is 20.5. The van der Waals surface area contributed by atoms with Crippen LogP contribution in [0, 0.1) is 0 Å². The molecule has 0 radical (unpaired) electrons. The van der Waals surface area contributed by atoms with Crippen LogP contribution in [0.15, 0.2) is 6.07 Å². The minimum Gasteiger partial charge on any atom is -0.506 e. The summed E-state index contributed by atoms with van der Waals surface area (Å²) < 4.78 is 6.39. The van der Waals surface area contributed by atoms with Crippen molar-refractivity contribution in [3.63, 3.8) is 0 Å². The summed E-state index contributed by atoms with van der Waals surface area (Å²) in [5.74, 6) is 1.07. The van der Waals surface area contributed by atoms with Gasteiger partial charge in [0.05, 0.1) is 0 Å². The van der Waals surface area contributed by atoms with Gasteiger partial charge in [0.2, 0.25) is 0 Å². The first-order valence-corrected chi connectivity index (χ1v) is 7.73. The van der Waals surface area contributed by atoms with Crippen LogP contribution in [-0.4, -0.2) is 57.5 Å². The Kier molecular flexibility index (Phi) is 5.03. The van der Waals surface area contributed by atoms with E-state index in [4.69, 9.17) is 4.74 Å². The number of benzene rings is 1. The fourth-order valence-electron chi connectivity index (χ4n) is 2.96. The lowest BCUT2D eigenvalue weighted by Crippen LogP contribution is -2.52. The highest BCUT2D eigenvalue weighted by molar-refractivity contribution is 5.82. The fourth-order valence-corrected chi connectivity index (χ4v) is 2.96. The number of nitrogens with zero attached hydrogens (tertiary/aromatic N) is 1. The highest BCUT2D eigenvalue weighted by atomic mass is 16.5. The van der Waals surface area contributed by atoms with Gasteiger partial charge in [0, 0.05) is 39.0 Å². The standard InChI is InChI=1S/C16H28N4O2/c1-17-13-12(21)10-11-6-7-16(19-3,8-9-20(4)5)22-15(11)14(13)18-2/h10,17-19,21H,6-9H2,1-5H3. The second-order valence-corrected chi connectivity index (χ2v) is 6.03. The molecule has 0 spiro atoms. The number of hydrogen-bond donors (Lipinski definition) is 4. The summed E-state index contributed by atoms with van der Waals surface area (Å²) in [4.78, 5) is 2.16. The number of nitrogens with one attached hydrogen (secondary N) is 3. The third-order valence-electron chi connectivity index (χ3n) is 4.35. The molecule has 6 heteroatoms. The van der Waals surface area contributed by atoms with Crippen molar-refractivity contribution in [1.29, 1.82) is 0 Å². The van der Waals surface area contributed by atoms with Crippen LogP contribution in [0.25, 0.3) is 0 Å². The molecule has 0 saturated heterocycles. The maximum Gasteiger partial charge on any atom is 0.162 e. The van der Waals surface area contributed by atoms with Crippen molar-refractivity contribution in [2.24, 2.45) is 0 Å². The highest BCUT2D eigenvalue weighted by Gasteiger charge is 2.36. The maximum absolute atomic E-state index is 10.2. The first kappa shape index (κ1) is 16.7. The van der Waals surface area contributed by atoms with Gasteiger partial charge in [0.15, 0.2) is 11.5 Å². The van der Waals surface area contributed by atoms with Crippen LogP contribution in [-0.2, 0) is 6.42 Å². The lowest BCUT2D eigenvalue weighted by Gasteiger charge is -2.40. The minimum atomic E-state index is -0.370. The van der Waals surface area contributed by atoms with Gasteiger partial charge in [-0.3, -0.25) is 5.32 Å². The molecule has 0 bridgehead atoms. The molecule has 0 saturated carbocycles. The van der Waals surface area contributed by atoms with Gasteiger partial charge in [-0.25, -0.2) is 0 Å². The third kappa shape index (κ3) is 3.08. The average Bonchev–Trinajstić information content (AvgIpc) is 2.51. The predicted octanol–water partition coefficient (Wildman–Crippen LogP) is 1.67. The van der Waals surface area contributed by atoms with Crippen molar-refractivity contribution < 1.29 is 9.84 Å². The van der Waals surface area contributed by atoms with E-state index in [0.29, 0.717) is 5.69 Å². The van der Waals surface area contributed by atoms with Gasteiger partial charge >= 0.3 is 0 Å². The first-order chi connectivity index (χ1) is 10.5. The van der Waals surface area contributed by atoms with E-state index in [1.54, 1.807) is 13.1 Å². The molecular formula is C16H28N4O2. The number of fused-ring (bicyclic) bond motifs is 1. The average molecular weight is 308 g/mol. The molecule has 0 aliphatic carbocycles. The molecule has 1 aromatic carbocycles. The second-order valence-electron chi connectivity index (χ2n) is 6.03. The summed E-state index contributed by atoms with van der Waals surface area (Å²) in [6, 6.07) is 1.80. The van der Waals surface area contributed by atoms with E-state index in [1.165, 1.54) is 0 Å². The molecule has 1 aliphatic heterocycles. The molecule has 124 valence electrons. The van der Waals surface area contributed by atoms with Crippen LogP contribution in [0.5, 0.6) is 11.5 Å². The molecule has 6 nitrogen and oxygen atoms in total. The Bertz CT molecular complexity index is 533. The number of ether oxygens (including phenoxy) is 1. The van der Waals surface area contributed by atoms with Gasteiger partial charge in [0.1, 0.15) is 17.1 Å². The number of phenolic OH excluding ortho intramolecular Hbond substituents is 1. The molecule has 0 amide bonds. The van der Waals surface area contributed by atoms with Crippen LogP contribution >= 0.6 is 0 Å². The SMILES string of the molecule is CNc1c(O)cc2c(c1NC)OC(CCN(C)C)(NC)CC2. The Hall–Kier alpha value is -1.66. The number of rotatable bonds is 6.